The molecular weight excluding hydrogens is 298 g/mol. The molecule has 0 unspecified atom stereocenters. The molecule has 1 saturated carbocycles. The Hall–Kier alpha value is -0.480. The van der Waals surface area contributed by atoms with Crippen molar-refractivity contribution in [1.29, 1.82) is 0 Å². The summed E-state index contributed by atoms with van der Waals surface area (Å²) in [5.41, 5.74) is 0.705. The summed E-state index contributed by atoms with van der Waals surface area (Å²) in [6.45, 7) is 2.94. The normalized spacial score (nSPS) is 14.8. The van der Waals surface area contributed by atoms with Gasteiger partial charge in [0.1, 0.15) is 0 Å². The molecule has 0 N–H and O–H groups in total. The summed E-state index contributed by atoms with van der Waals surface area (Å²) in [6.07, 6.45) is 3.29. The van der Waals surface area contributed by atoms with E-state index < -0.39 is 0 Å². The monoisotopic (exact) mass is 313 g/mol. The highest BCUT2D eigenvalue weighted by Crippen LogP contribution is 2.30. The molecule has 1 aliphatic rings. The average molecular weight is 314 g/mol. The summed E-state index contributed by atoms with van der Waals surface area (Å²) in [6, 6.07) is 6.07. The lowest BCUT2D eigenvalue weighted by Crippen LogP contribution is -2.34. The highest BCUT2D eigenvalue weighted by Gasteiger charge is 2.32. The summed E-state index contributed by atoms with van der Waals surface area (Å²) < 4.78 is 0.951. The zero-order valence-corrected chi connectivity index (χ0v) is 12.3. The lowest BCUT2D eigenvalue weighted by atomic mass is 10.2. The van der Waals surface area contributed by atoms with E-state index >= 15 is 0 Å². The van der Waals surface area contributed by atoms with Crippen LogP contribution >= 0.6 is 28.6 Å². The fourth-order valence-corrected chi connectivity index (χ4v) is 2.76. The van der Waals surface area contributed by atoms with Gasteiger partial charge in [-0.1, -0.05) is 22.9 Å². The maximum Gasteiger partial charge on any atom is 0.255 e. The Labute approximate surface area is 116 Å². The first kappa shape index (κ1) is 13.0. The van der Waals surface area contributed by atoms with Gasteiger partial charge in [0.15, 0.2) is 0 Å². The highest BCUT2D eigenvalue weighted by atomic mass is 79.9. The molecule has 2 nitrogen and oxygen atoms in total. The average Bonchev–Trinajstić information content (AvgIpc) is 3.09. The third-order valence-corrected chi connectivity index (χ3v) is 3.77. The van der Waals surface area contributed by atoms with Gasteiger partial charge in [-0.15, -0.1) is 12.6 Å². The van der Waals surface area contributed by atoms with Gasteiger partial charge >= 0.3 is 0 Å². The first-order valence-electron chi connectivity index (χ1n) is 5.93. The first-order chi connectivity index (χ1) is 8.13. The Morgan fingerprint density at radius 2 is 2.24 bits per heavy atom. The predicted octanol–water partition coefficient (Wildman–Crippen LogP) is 3.75. The van der Waals surface area contributed by atoms with Crippen molar-refractivity contribution in [3.63, 3.8) is 0 Å². The molecule has 0 heterocycles. The van der Waals surface area contributed by atoms with Crippen molar-refractivity contribution in [3.05, 3.63) is 28.2 Å². The van der Waals surface area contributed by atoms with Crippen LogP contribution in [-0.2, 0) is 0 Å². The van der Waals surface area contributed by atoms with Crippen LogP contribution in [0.2, 0.25) is 0 Å². The molecule has 0 atom stereocenters. The quantitative estimate of drug-likeness (QED) is 0.839. The smallest absolute Gasteiger partial charge is 0.255 e. The van der Waals surface area contributed by atoms with Gasteiger partial charge in [0, 0.05) is 22.0 Å². The Morgan fingerprint density at radius 3 is 2.76 bits per heavy atom. The minimum Gasteiger partial charge on any atom is -0.336 e. The van der Waals surface area contributed by atoms with Gasteiger partial charge in [-0.3, -0.25) is 4.79 Å². The number of carbonyl (C=O) groups is 1. The van der Waals surface area contributed by atoms with E-state index in [4.69, 9.17) is 0 Å². The molecule has 0 spiro atoms. The van der Waals surface area contributed by atoms with Crippen LogP contribution in [0.3, 0.4) is 0 Å². The number of carbonyl (C=O) groups excluding carboxylic acids is 1. The number of amides is 1. The fraction of sp³-hybridized carbons (Fsp3) is 0.462. The van der Waals surface area contributed by atoms with Crippen molar-refractivity contribution in [2.75, 3.05) is 6.54 Å². The number of benzene rings is 1. The van der Waals surface area contributed by atoms with Gasteiger partial charge in [0.2, 0.25) is 0 Å². The van der Waals surface area contributed by atoms with Gasteiger partial charge in [-0.2, -0.15) is 0 Å². The molecule has 0 aliphatic heterocycles. The minimum atomic E-state index is 0.117. The molecule has 1 aromatic rings. The zero-order chi connectivity index (χ0) is 12.4. The minimum absolute atomic E-state index is 0.117. The summed E-state index contributed by atoms with van der Waals surface area (Å²) in [7, 11) is 0. The molecule has 92 valence electrons. The first-order valence-corrected chi connectivity index (χ1v) is 7.17. The number of halogens is 1. The van der Waals surface area contributed by atoms with E-state index in [9.17, 15) is 4.79 Å². The molecule has 1 fully saturated rings. The molecule has 1 aliphatic carbocycles. The molecule has 0 bridgehead atoms. The lowest BCUT2D eigenvalue weighted by molar-refractivity contribution is 0.0739. The van der Waals surface area contributed by atoms with E-state index in [1.54, 1.807) is 0 Å². The summed E-state index contributed by atoms with van der Waals surface area (Å²) in [5, 5.41) is 0. The van der Waals surface area contributed by atoms with Crippen LogP contribution in [0.15, 0.2) is 27.6 Å². The number of rotatable bonds is 4. The van der Waals surface area contributed by atoms with Crippen molar-refractivity contribution in [2.45, 2.75) is 37.1 Å². The van der Waals surface area contributed by atoms with E-state index in [0.29, 0.717) is 11.6 Å². The molecule has 0 saturated heterocycles. The van der Waals surface area contributed by atoms with Crippen LogP contribution in [0.1, 0.15) is 36.5 Å². The predicted molar refractivity (Wildman–Crippen MR) is 75.7 cm³/mol. The van der Waals surface area contributed by atoms with E-state index in [2.05, 4.69) is 35.5 Å². The Kier molecular flexibility index (Phi) is 4.15. The second-order valence-electron chi connectivity index (χ2n) is 4.39. The molecule has 4 heteroatoms. The molecule has 0 radical (unpaired) electrons. The van der Waals surface area contributed by atoms with E-state index in [-0.39, 0.29) is 5.91 Å². The van der Waals surface area contributed by atoms with Crippen molar-refractivity contribution >= 4 is 34.5 Å². The molecule has 1 aromatic carbocycles. The molecule has 1 amide bonds. The molecular formula is C13H16BrNOS. The van der Waals surface area contributed by atoms with Crippen LogP contribution in [0.4, 0.5) is 0 Å². The third-order valence-electron chi connectivity index (χ3n) is 2.90. The van der Waals surface area contributed by atoms with Crippen LogP contribution in [0.25, 0.3) is 0 Å². The number of hydrogen-bond donors (Lipinski definition) is 1. The lowest BCUT2D eigenvalue weighted by Gasteiger charge is -2.22. The number of nitrogens with zero attached hydrogens (tertiary/aromatic N) is 1. The van der Waals surface area contributed by atoms with Gasteiger partial charge in [0.05, 0.1) is 5.56 Å². The number of hydrogen-bond acceptors (Lipinski definition) is 2. The van der Waals surface area contributed by atoms with Crippen molar-refractivity contribution in [1.82, 2.24) is 4.90 Å². The maximum absolute atomic E-state index is 12.4. The van der Waals surface area contributed by atoms with Gasteiger partial charge < -0.3 is 4.90 Å². The van der Waals surface area contributed by atoms with Crippen LogP contribution in [0, 0.1) is 0 Å². The van der Waals surface area contributed by atoms with E-state index in [1.165, 1.54) is 0 Å². The Bertz CT molecular complexity index is 431. The van der Waals surface area contributed by atoms with Gasteiger partial charge in [0.25, 0.3) is 5.91 Å². The van der Waals surface area contributed by atoms with Crippen LogP contribution in [-0.4, -0.2) is 23.4 Å². The molecule has 17 heavy (non-hydrogen) atoms. The number of thiol groups is 1. The largest absolute Gasteiger partial charge is 0.336 e. The zero-order valence-electron chi connectivity index (χ0n) is 9.82. The van der Waals surface area contributed by atoms with Crippen LogP contribution < -0.4 is 0 Å². The third kappa shape index (κ3) is 3.05. The summed E-state index contributed by atoms with van der Waals surface area (Å²) in [5.74, 6) is 0.117. The highest BCUT2D eigenvalue weighted by molar-refractivity contribution is 9.10. The SMILES string of the molecule is CCCN(C(=O)c1ccc(Br)cc1S)C1CC1. The second kappa shape index (κ2) is 5.44. The second-order valence-corrected chi connectivity index (χ2v) is 5.79. The van der Waals surface area contributed by atoms with Crippen molar-refractivity contribution in [3.8, 4) is 0 Å². The topological polar surface area (TPSA) is 20.3 Å². The van der Waals surface area contributed by atoms with Crippen LogP contribution in [0.5, 0.6) is 0 Å². The van der Waals surface area contributed by atoms with E-state index in [1.807, 2.05) is 23.1 Å². The standard InChI is InChI=1S/C13H16BrNOS/c1-2-7-15(10-4-5-10)13(16)11-6-3-9(14)8-12(11)17/h3,6,8,10,17H,2,4-5,7H2,1H3. The summed E-state index contributed by atoms with van der Waals surface area (Å²) in [4.78, 5) is 15.1. The fourth-order valence-electron chi connectivity index (χ4n) is 1.92. The Morgan fingerprint density at radius 1 is 1.53 bits per heavy atom. The van der Waals surface area contributed by atoms with Gasteiger partial charge in [-0.05, 0) is 37.5 Å². The summed E-state index contributed by atoms with van der Waals surface area (Å²) >= 11 is 7.76. The maximum atomic E-state index is 12.4. The molecule has 2 rings (SSSR count). The molecule has 0 aromatic heterocycles. The van der Waals surface area contributed by atoms with Gasteiger partial charge in [-0.25, -0.2) is 0 Å². The Balaban J connectivity index is 2.22. The van der Waals surface area contributed by atoms with Crippen molar-refractivity contribution < 1.29 is 4.79 Å². The van der Waals surface area contributed by atoms with E-state index in [0.717, 1.165) is 35.2 Å². The van der Waals surface area contributed by atoms with Crippen molar-refractivity contribution in [2.24, 2.45) is 0 Å².